The first-order valence-corrected chi connectivity index (χ1v) is 10.1. The van der Waals surface area contributed by atoms with Gasteiger partial charge in [0.15, 0.2) is 14.9 Å². The fourth-order valence-electron chi connectivity index (χ4n) is 2.94. The number of aromatic nitrogens is 3. The van der Waals surface area contributed by atoms with Crippen LogP contribution in [-0.4, -0.2) is 48.8 Å². The van der Waals surface area contributed by atoms with Crippen molar-refractivity contribution in [3.63, 3.8) is 0 Å². The minimum absolute atomic E-state index is 0.0343. The third kappa shape index (κ3) is 4.73. The molecule has 8 heteroatoms. The fourth-order valence-corrected chi connectivity index (χ4v) is 4.03. The minimum Gasteiger partial charge on any atom is -0.369 e. The van der Waals surface area contributed by atoms with Gasteiger partial charge in [-0.2, -0.15) is 0 Å². The average molecular weight is 361 g/mol. The summed E-state index contributed by atoms with van der Waals surface area (Å²) < 4.78 is 24.5. The van der Waals surface area contributed by atoms with E-state index in [0.29, 0.717) is 17.6 Å². The van der Waals surface area contributed by atoms with E-state index < -0.39 is 9.84 Å². The molecule has 1 aliphatic rings. The lowest BCUT2D eigenvalue weighted by molar-refractivity contribution is 0.453. The summed E-state index contributed by atoms with van der Waals surface area (Å²) in [7, 11) is -3.40. The molecule has 1 unspecified atom stereocenters. The third-order valence-electron chi connectivity index (χ3n) is 4.21. The third-order valence-corrected chi connectivity index (χ3v) is 5.83. The standard InChI is InChI=1S/C17H23N5O2S/c1-13-21-15(14-5-4-7-18-12-14)11-16(22-13)19-9-10-25(23,24)17-6-2-3-8-20-17/h2-3,6,8,11,14,18H,4-5,7,9-10,12H2,1H3,(H,19,21,22). The maximum atomic E-state index is 12.3. The number of nitrogens with zero attached hydrogens (tertiary/aromatic N) is 3. The number of hydrogen-bond donors (Lipinski definition) is 2. The van der Waals surface area contributed by atoms with Crippen molar-refractivity contribution in [1.29, 1.82) is 0 Å². The molecule has 1 saturated heterocycles. The highest BCUT2D eigenvalue weighted by Gasteiger charge is 2.18. The molecule has 134 valence electrons. The van der Waals surface area contributed by atoms with Crippen LogP contribution in [0.2, 0.25) is 0 Å². The van der Waals surface area contributed by atoms with Gasteiger partial charge >= 0.3 is 0 Å². The highest BCUT2D eigenvalue weighted by Crippen LogP contribution is 2.23. The SMILES string of the molecule is Cc1nc(NCCS(=O)(=O)c2ccccn2)cc(C2CCCNC2)n1. The predicted octanol–water partition coefficient (Wildman–Crippen LogP) is 1.53. The van der Waals surface area contributed by atoms with E-state index in [1.165, 1.54) is 12.3 Å². The molecule has 2 aromatic heterocycles. The minimum atomic E-state index is -3.40. The Morgan fingerprint density at radius 2 is 2.20 bits per heavy atom. The van der Waals surface area contributed by atoms with Gasteiger partial charge in [-0.25, -0.2) is 23.4 Å². The van der Waals surface area contributed by atoms with Crippen LogP contribution in [0.5, 0.6) is 0 Å². The zero-order chi connectivity index (χ0) is 17.7. The zero-order valence-electron chi connectivity index (χ0n) is 14.3. The molecule has 0 saturated carbocycles. The molecule has 1 atom stereocenters. The van der Waals surface area contributed by atoms with Crippen molar-refractivity contribution in [3.8, 4) is 0 Å². The van der Waals surface area contributed by atoms with Crippen LogP contribution in [0.25, 0.3) is 0 Å². The van der Waals surface area contributed by atoms with Crippen molar-refractivity contribution in [2.75, 3.05) is 30.7 Å². The maximum Gasteiger partial charge on any atom is 0.197 e. The highest BCUT2D eigenvalue weighted by atomic mass is 32.2. The second-order valence-electron chi connectivity index (χ2n) is 6.18. The van der Waals surface area contributed by atoms with E-state index in [0.717, 1.165) is 31.6 Å². The lowest BCUT2D eigenvalue weighted by Crippen LogP contribution is -2.29. The van der Waals surface area contributed by atoms with E-state index in [4.69, 9.17) is 0 Å². The molecule has 0 aliphatic carbocycles. The molecule has 3 rings (SSSR count). The van der Waals surface area contributed by atoms with E-state index in [2.05, 4.69) is 25.6 Å². The van der Waals surface area contributed by atoms with Gasteiger partial charge in [0.1, 0.15) is 11.6 Å². The number of piperidine rings is 1. The Labute approximate surface area is 148 Å². The number of rotatable bonds is 6. The second-order valence-corrected chi connectivity index (χ2v) is 8.24. The number of aryl methyl sites for hydroxylation is 1. The van der Waals surface area contributed by atoms with Crippen LogP contribution in [-0.2, 0) is 9.84 Å². The average Bonchev–Trinajstić information content (AvgIpc) is 2.63. The molecule has 3 heterocycles. The number of sulfone groups is 1. The molecule has 0 amide bonds. The Balaban J connectivity index is 1.64. The molecule has 25 heavy (non-hydrogen) atoms. The summed E-state index contributed by atoms with van der Waals surface area (Å²) in [5.74, 6) is 1.71. The molecular formula is C17H23N5O2S. The second kappa shape index (κ2) is 7.88. The monoisotopic (exact) mass is 361 g/mol. The summed E-state index contributed by atoms with van der Waals surface area (Å²) >= 11 is 0. The van der Waals surface area contributed by atoms with E-state index in [1.807, 2.05) is 13.0 Å². The predicted molar refractivity (Wildman–Crippen MR) is 96.4 cm³/mol. The lowest BCUT2D eigenvalue weighted by atomic mass is 9.96. The highest BCUT2D eigenvalue weighted by molar-refractivity contribution is 7.91. The van der Waals surface area contributed by atoms with Crippen molar-refractivity contribution in [2.24, 2.45) is 0 Å². The molecule has 0 aromatic carbocycles. The van der Waals surface area contributed by atoms with Crippen LogP contribution in [0.3, 0.4) is 0 Å². The van der Waals surface area contributed by atoms with Gasteiger partial charge in [-0.05, 0) is 38.4 Å². The Bertz CT molecular complexity index is 805. The quantitative estimate of drug-likeness (QED) is 0.805. The fraction of sp³-hybridized carbons (Fsp3) is 0.471. The van der Waals surface area contributed by atoms with Gasteiger partial charge in [0.05, 0.1) is 11.4 Å². The van der Waals surface area contributed by atoms with E-state index in [-0.39, 0.29) is 17.3 Å². The molecular weight excluding hydrogens is 338 g/mol. The smallest absolute Gasteiger partial charge is 0.197 e. The van der Waals surface area contributed by atoms with Gasteiger partial charge in [-0.3, -0.25) is 0 Å². The first kappa shape index (κ1) is 17.8. The number of nitrogens with one attached hydrogen (secondary N) is 2. The number of anilines is 1. The van der Waals surface area contributed by atoms with Gasteiger partial charge in [0.25, 0.3) is 0 Å². The Kier molecular flexibility index (Phi) is 5.60. The van der Waals surface area contributed by atoms with Crippen LogP contribution in [0.15, 0.2) is 35.5 Å². The molecule has 1 aliphatic heterocycles. The molecule has 2 aromatic rings. The van der Waals surface area contributed by atoms with Gasteiger partial charge in [-0.1, -0.05) is 6.07 Å². The maximum absolute atomic E-state index is 12.3. The van der Waals surface area contributed by atoms with Crippen LogP contribution in [0, 0.1) is 6.92 Å². The summed E-state index contributed by atoms with van der Waals surface area (Å²) in [5.41, 5.74) is 1.01. The largest absolute Gasteiger partial charge is 0.369 e. The normalized spacial score (nSPS) is 18.0. The van der Waals surface area contributed by atoms with Crippen LogP contribution < -0.4 is 10.6 Å². The van der Waals surface area contributed by atoms with Crippen molar-refractivity contribution in [3.05, 3.63) is 42.0 Å². The van der Waals surface area contributed by atoms with Crippen LogP contribution >= 0.6 is 0 Å². The summed E-state index contributed by atoms with van der Waals surface area (Å²) in [6.45, 7) is 4.11. The van der Waals surface area contributed by atoms with Crippen LogP contribution in [0.4, 0.5) is 5.82 Å². The summed E-state index contributed by atoms with van der Waals surface area (Å²) in [4.78, 5) is 12.8. The first-order chi connectivity index (χ1) is 12.0. The Morgan fingerprint density at radius 1 is 1.32 bits per heavy atom. The molecule has 0 spiro atoms. The number of hydrogen-bond acceptors (Lipinski definition) is 7. The molecule has 0 radical (unpaired) electrons. The topological polar surface area (TPSA) is 96.9 Å². The van der Waals surface area contributed by atoms with Crippen molar-refractivity contribution in [1.82, 2.24) is 20.3 Å². The molecule has 1 fully saturated rings. The first-order valence-electron chi connectivity index (χ1n) is 8.48. The van der Waals surface area contributed by atoms with Crippen molar-refractivity contribution < 1.29 is 8.42 Å². The number of pyridine rings is 1. The van der Waals surface area contributed by atoms with E-state index in [9.17, 15) is 8.42 Å². The van der Waals surface area contributed by atoms with Gasteiger partial charge in [-0.15, -0.1) is 0 Å². The zero-order valence-corrected chi connectivity index (χ0v) is 15.1. The summed E-state index contributed by atoms with van der Waals surface area (Å²) in [6, 6.07) is 6.81. The van der Waals surface area contributed by atoms with Crippen LogP contribution in [0.1, 0.15) is 30.3 Å². The Hall–Kier alpha value is -2.06. The van der Waals surface area contributed by atoms with Gasteiger partial charge in [0, 0.05) is 31.3 Å². The summed E-state index contributed by atoms with van der Waals surface area (Å²) in [6.07, 6.45) is 3.73. The molecule has 7 nitrogen and oxygen atoms in total. The van der Waals surface area contributed by atoms with Crippen molar-refractivity contribution in [2.45, 2.75) is 30.7 Å². The van der Waals surface area contributed by atoms with E-state index >= 15 is 0 Å². The molecule has 0 bridgehead atoms. The molecule has 2 N–H and O–H groups in total. The Morgan fingerprint density at radius 3 is 2.92 bits per heavy atom. The van der Waals surface area contributed by atoms with Gasteiger partial charge in [0.2, 0.25) is 0 Å². The van der Waals surface area contributed by atoms with Gasteiger partial charge < -0.3 is 10.6 Å². The summed E-state index contributed by atoms with van der Waals surface area (Å²) in [5, 5.41) is 6.60. The lowest BCUT2D eigenvalue weighted by Gasteiger charge is -2.22. The van der Waals surface area contributed by atoms with E-state index in [1.54, 1.807) is 12.1 Å². The van der Waals surface area contributed by atoms with Crippen molar-refractivity contribution >= 4 is 15.7 Å².